The van der Waals surface area contributed by atoms with E-state index in [-0.39, 0.29) is 6.10 Å². The molecular weight excluding hydrogens is 260 g/mol. The third kappa shape index (κ3) is 17.9. The molecule has 0 bridgehead atoms. The first-order chi connectivity index (χ1) is 10.3. The second kappa shape index (κ2) is 18.0. The summed E-state index contributed by atoms with van der Waals surface area (Å²) in [6.45, 7) is 2.54. The van der Waals surface area contributed by atoms with Crippen LogP contribution in [-0.4, -0.2) is 22.9 Å². The van der Waals surface area contributed by atoms with Crippen molar-refractivity contribution in [2.45, 2.75) is 116 Å². The topological polar surface area (TPSA) is 40.5 Å². The van der Waals surface area contributed by atoms with E-state index in [1.54, 1.807) is 0 Å². The first-order valence-corrected chi connectivity index (χ1v) is 9.60. The summed E-state index contributed by atoms with van der Waals surface area (Å²) >= 11 is 0. The predicted molar refractivity (Wildman–Crippen MR) is 92.6 cm³/mol. The molecule has 0 aromatic carbocycles. The van der Waals surface area contributed by atoms with Gasteiger partial charge in [0.1, 0.15) is 0 Å². The molecule has 1 unspecified atom stereocenters. The summed E-state index contributed by atoms with van der Waals surface area (Å²) in [5.41, 5.74) is 0. The number of aliphatic hydroxyl groups excluding tert-OH is 2. The first kappa shape index (κ1) is 20.9. The van der Waals surface area contributed by atoms with Crippen molar-refractivity contribution in [2.24, 2.45) is 0 Å². The SMILES string of the molecule is CCCCC(O)CCCCCCCCCCCCCCO. The number of unbranched alkanes of at least 4 members (excludes halogenated alkanes) is 12. The molecule has 0 saturated heterocycles. The minimum absolute atomic E-state index is 0.0456. The number of rotatable bonds is 17. The maximum atomic E-state index is 9.74. The van der Waals surface area contributed by atoms with Gasteiger partial charge in [0.25, 0.3) is 0 Å². The van der Waals surface area contributed by atoms with Gasteiger partial charge in [0.2, 0.25) is 0 Å². The Labute approximate surface area is 133 Å². The summed E-state index contributed by atoms with van der Waals surface area (Å²) in [5, 5.41) is 18.4. The lowest BCUT2D eigenvalue weighted by Gasteiger charge is -2.09. The Morgan fingerprint density at radius 2 is 0.952 bits per heavy atom. The molecule has 0 radical (unpaired) electrons. The Bertz CT molecular complexity index is 182. The zero-order chi connectivity index (χ0) is 15.6. The average molecular weight is 301 g/mol. The van der Waals surface area contributed by atoms with E-state index in [2.05, 4.69) is 6.92 Å². The van der Waals surface area contributed by atoms with Gasteiger partial charge in [0, 0.05) is 6.61 Å². The van der Waals surface area contributed by atoms with E-state index in [1.807, 2.05) is 0 Å². The minimum Gasteiger partial charge on any atom is -0.396 e. The maximum Gasteiger partial charge on any atom is 0.0540 e. The van der Waals surface area contributed by atoms with Crippen molar-refractivity contribution in [2.75, 3.05) is 6.61 Å². The van der Waals surface area contributed by atoms with Crippen molar-refractivity contribution >= 4 is 0 Å². The average Bonchev–Trinajstić information content (AvgIpc) is 2.49. The summed E-state index contributed by atoms with van der Waals surface area (Å²) < 4.78 is 0. The van der Waals surface area contributed by atoms with E-state index < -0.39 is 0 Å². The molecule has 2 N–H and O–H groups in total. The van der Waals surface area contributed by atoms with Gasteiger partial charge in [-0.25, -0.2) is 0 Å². The van der Waals surface area contributed by atoms with E-state index in [1.165, 1.54) is 83.5 Å². The molecule has 0 spiro atoms. The lowest BCUT2D eigenvalue weighted by atomic mass is 10.0. The maximum absolute atomic E-state index is 9.74. The molecule has 0 aliphatic rings. The zero-order valence-corrected chi connectivity index (χ0v) is 14.5. The van der Waals surface area contributed by atoms with Crippen LogP contribution in [0.25, 0.3) is 0 Å². The predicted octanol–water partition coefficient (Wildman–Crippen LogP) is 5.60. The molecule has 21 heavy (non-hydrogen) atoms. The number of hydrogen-bond donors (Lipinski definition) is 2. The standard InChI is InChI=1S/C19H40O2/c1-2-3-16-19(21)17-14-12-10-8-6-4-5-7-9-11-13-15-18-20/h19-21H,2-18H2,1H3. The second-order valence-corrected chi connectivity index (χ2v) is 6.55. The van der Waals surface area contributed by atoms with Gasteiger partial charge in [0.05, 0.1) is 6.10 Å². The Hall–Kier alpha value is -0.0800. The largest absolute Gasteiger partial charge is 0.396 e. The van der Waals surface area contributed by atoms with Crippen LogP contribution in [0.15, 0.2) is 0 Å². The van der Waals surface area contributed by atoms with Crippen LogP contribution in [0.2, 0.25) is 0 Å². The Kier molecular flexibility index (Phi) is 17.9. The van der Waals surface area contributed by atoms with Gasteiger partial charge in [-0.15, -0.1) is 0 Å². The molecule has 2 heteroatoms. The molecule has 2 nitrogen and oxygen atoms in total. The fourth-order valence-electron chi connectivity index (χ4n) is 2.84. The van der Waals surface area contributed by atoms with Gasteiger partial charge in [-0.1, -0.05) is 90.4 Å². The highest BCUT2D eigenvalue weighted by atomic mass is 16.3. The highest BCUT2D eigenvalue weighted by Crippen LogP contribution is 2.14. The fourth-order valence-corrected chi connectivity index (χ4v) is 2.84. The fraction of sp³-hybridized carbons (Fsp3) is 1.00. The highest BCUT2D eigenvalue weighted by Gasteiger charge is 2.02. The van der Waals surface area contributed by atoms with Gasteiger partial charge in [0.15, 0.2) is 0 Å². The molecule has 0 aromatic heterocycles. The Balaban J connectivity index is 3.02. The van der Waals surface area contributed by atoms with Crippen LogP contribution in [0.1, 0.15) is 110 Å². The summed E-state index contributed by atoms with van der Waals surface area (Å²) in [6, 6.07) is 0. The molecule has 0 fully saturated rings. The molecule has 0 rings (SSSR count). The van der Waals surface area contributed by atoms with E-state index in [9.17, 15) is 5.11 Å². The molecule has 128 valence electrons. The van der Waals surface area contributed by atoms with Crippen LogP contribution in [-0.2, 0) is 0 Å². The van der Waals surface area contributed by atoms with E-state index in [0.29, 0.717) is 6.61 Å². The Morgan fingerprint density at radius 1 is 0.571 bits per heavy atom. The van der Waals surface area contributed by atoms with Crippen LogP contribution in [0.5, 0.6) is 0 Å². The van der Waals surface area contributed by atoms with Crippen LogP contribution >= 0.6 is 0 Å². The van der Waals surface area contributed by atoms with Gasteiger partial charge in [-0.3, -0.25) is 0 Å². The normalized spacial score (nSPS) is 12.7. The van der Waals surface area contributed by atoms with Crippen LogP contribution in [0, 0.1) is 0 Å². The van der Waals surface area contributed by atoms with Gasteiger partial charge < -0.3 is 10.2 Å². The number of hydrogen-bond acceptors (Lipinski definition) is 2. The molecule has 0 heterocycles. The first-order valence-electron chi connectivity index (χ1n) is 9.60. The van der Waals surface area contributed by atoms with Crippen molar-refractivity contribution in [1.82, 2.24) is 0 Å². The van der Waals surface area contributed by atoms with Crippen molar-refractivity contribution in [3.63, 3.8) is 0 Å². The monoisotopic (exact) mass is 300 g/mol. The molecule has 0 aliphatic carbocycles. The minimum atomic E-state index is -0.0456. The quantitative estimate of drug-likeness (QED) is 0.343. The number of aliphatic hydroxyl groups is 2. The molecular formula is C19H40O2. The summed E-state index contributed by atoms with van der Waals surface area (Å²) in [5.74, 6) is 0. The van der Waals surface area contributed by atoms with E-state index >= 15 is 0 Å². The van der Waals surface area contributed by atoms with Crippen molar-refractivity contribution in [1.29, 1.82) is 0 Å². The third-order valence-electron chi connectivity index (χ3n) is 4.34. The zero-order valence-electron chi connectivity index (χ0n) is 14.5. The molecule has 0 amide bonds. The molecule has 0 saturated carbocycles. The van der Waals surface area contributed by atoms with Crippen LogP contribution < -0.4 is 0 Å². The van der Waals surface area contributed by atoms with Crippen LogP contribution in [0.3, 0.4) is 0 Å². The smallest absolute Gasteiger partial charge is 0.0540 e. The molecule has 1 atom stereocenters. The van der Waals surface area contributed by atoms with E-state index in [4.69, 9.17) is 5.11 Å². The van der Waals surface area contributed by atoms with Crippen molar-refractivity contribution < 1.29 is 10.2 Å². The Morgan fingerprint density at radius 3 is 1.38 bits per heavy atom. The summed E-state index contributed by atoms with van der Waals surface area (Å²) in [6.07, 6.45) is 19.9. The summed E-state index contributed by atoms with van der Waals surface area (Å²) in [7, 11) is 0. The van der Waals surface area contributed by atoms with Crippen molar-refractivity contribution in [3.05, 3.63) is 0 Å². The van der Waals surface area contributed by atoms with Crippen molar-refractivity contribution in [3.8, 4) is 0 Å². The van der Waals surface area contributed by atoms with Gasteiger partial charge in [-0.05, 0) is 19.3 Å². The lowest BCUT2D eigenvalue weighted by molar-refractivity contribution is 0.148. The van der Waals surface area contributed by atoms with Gasteiger partial charge in [-0.2, -0.15) is 0 Å². The lowest BCUT2D eigenvalue weighted by Crippen LogP contribution is -2.05. The second-order valence-electron chi connectivity index (χ2n) is 6.55. The van der Waals surface area contributed by atoms with E-state index in [0.717, 1.165) is 19.3 Å². The van der Waals surface area contributed by atoms with Crippen LogP contribution in [0.4, 0.5) is 0 Å². The van der Waals surface area contributed by atoms with Gasteiger partial charge >= 0.3 is 0 Å². The third-order valence-corrected chi connectivity index (χ3v) is 4.34. The molecule has 0 aromatic rings. The molecule has 0 aliphatic heterocycles. The highest BCUT2D eigenvalue weighted by molar-refractivity contribution is 4.56. The summed E-state index contributed by atoms with van der Waals surface area (Å²) in [4.78, 5) is 0.